The summed E-state index contributed by atoms with van der Waals surface area (Å²) in [6.07, 6.45) is 6.15. The molecule has 4 rings (SSSR count). The molecule has 0 N–H and O–H groups in total. The standard InChI is InChI=1S/C19H17FN2O/c20-15-8-5-13(6-9-15)14-7-10-17-18(11-14)21-12-22(19(17)23)16-3-1-2-4-16/h5-12,16H,1-4H2. The van der Waals surface area contributed by atoms with Gasteiger partial charge in [0.2, 0.25) is 0 Å². The normalized spacial score (nSPS) is 15.3. The first-order valence-corrected chi connectivity index (χ1v) is 7.99. The minimum Gasteiger partial charge on any atom is -0.296 e. The van der Waals surface area contributed by atoms with E-state index in [9.17, 15) is 9.18 Å². The molecule has 1 aliphatic rings. The van der Waals surface area contributed by atoms with Crippen LogP contribution < -0.4 is 5.56 Å². The number of hydrogen-bond acceptors (Lipinski definition) is 2. The summed E-state index contributed by atoms with van der Waals surface area (Å²) in [5, 5.41) is 0.644. The highest BCUT2D eigenvalue weighted by molar-refractivity contribution is 5.83. The van der Waals surface area contributed by atoms with E-state index >= 15 is 0 Å². The highest BCUT2D eigenvalue weighted by Gasteiger charge is 2.19. The second kappa shape index (κ2) is 5.61. The number of halogens is 1. The molecule has 1 aliphatic carbocycles. The lowest BCUT2D eigenvalue weighted by molar-refractivity contribution is 0.499. The van der Waals surface area contributed by atoms with Crippen LogP contribution in [0.4, 0.5) is 4.39 Å². The summed E-state index contributed by atoms with van der Waals surface area (Å²) in [6.45, 7) is 0. The average molecular weight is 308 g/mol. The van der Waals surface area contributed by atoms with E-state index in [1.54, 1.807) is 23.0 Å². The fourth-order valence-electron chi connectivity index (χ4n) is 3.40. The molecule has 4 heteroatoms. The molecule has 23 heavy (non-hydrogen) atoms. The molecule has 1 aromatic heterocycles. The van der Waals surface area contributed by atoms with Crippen LogP contribution in [0.25, 0.3) is 22.0 Å². The molecule has 2 aromatic carbocycles. The molecule has 0 atom stereocenters. The van der Waals surface area contributed by atoms with Crippen molar-refractivity contribution in [3.05, 3.63) is 65.0 Å². The zero-order chi connectivity index (χ0) is 15.8. The molecule has 3 nitrogen and oxygen atoms in total. The van der Waals surface area contributed by atoms with Crippen LogP contribution in [-0.4, -0.2) is 9.55 Å². The second-order valence-corrected chi connectivity index (χ2v) is 6.13. The van der Waals surface area contributed by atoms with Gasteiger partial charge in [0, 0.05) is 6.04 Å². The molecular weight excluding hydrogens is 291 g/mol. The van der Waals surface area contributed by atoms with E-state index in [1.165, 1.54) is 25.0 Å². The molecule has 0 bridgehead atoms. The number of fused-ring (bicyclic) bond motifs is 1. The fourth-order valence-corrected chi connectivity index (χ4v) is 3.40. The topological polar surface area (TPSA) is 34.9 Å². The number of rotatable bonds is 2. The first kappa shape index (κ1) is 14.1. The Labute approximate surface area is 133 Å². The van der Waals surface area contributed by atoms with E-state index < -0.39 is 0 Å². The summed E-state index contributed by atoms with van der Waals surface area (Å²) in [7, 11) is 0. The minimum atomic E-state index is -0.257. The lowest BCUT2D eigenvalue weighted by Crippen LogP contribution is -2.23. The van der Waals surface area contributed by atoms with Crippen molar-refractivity contribution in [2.75, 3.05) is 0 Å². The first-order valence-electron chi connectivity index (χ1n) is 7.99. The van der Waals surface area contributed by atoms with Crippen LogP contribution in [0.1, 0.15) is 31.7 Å². The molecule has 0 unspecified atom stereocenters. The number of hydrogen-bond donors (Lipinski definition) is 0. The molecular formula is C19H17FN2O. The van der Waals surface area contributed by atoms with Crippen molar-refractivity contribution in [3.63, 3.8) is 0 Å². The van der Waals surface area contributed by atoms with Crippen LogP contribution in [-0.2, 0) is 0 Å². The Hall–Kier alpha value is -2.49. The van der Waals surface area contributed by atoms with E-state index in [2.05, 4.69) is 4.98 Å². The molecule has 0 amide bonds. The van der Waals surface area contributed by atoms with Gasteiger partial charge in [-0.3, -0.25) is 9.36 Å². The van der Waals surface area contributed by atoms with Crippen LogP contribution in [0.3, 0.4) is 0 Å². The molecule has 0 spiro atoms. The lowest BCUT2D eigenvalue weighted by Gasteiger charge is -2.13. The molecule has 0 radical (unpaired) electrons. The molecule has 1 fully saturated rings. The fraction of sp³-hybridized carbons (Fsp3) is 0.263. The van der Waals surface area contributed by atoms with Crippen molar-refractivity contribution in [1.82, 2.24) is 9.55 Å². The largest absolute Gasteiger partial charge is 0.296 e. The minimum absolute atomic E-state index is 0.0348. The molecule has 1 heterocycles. The third-order valence-electron chi connectivity index (χ3n) is 4.68. The molecule has 116 valence electrons. The van der Waals surface area contributed by atoms with E-state index in [4.69, 9.17) is 0 Å². The van der Waals surface area contributed by atoms with Gasteiger partial charge in [0.1, 0.15) is 5.82 Å². The van der Waals surface area contributed by atoms with E-state index in [1.807, 2.05) is 18.2 Å². The summed E-state index contributed by atoms with van der Waals surface area (Å²) in [4.78, 5) is 17.2. The number of aromatic nitrogens is 2. The van der Waals surface area contributed by atoms with Crippen LogP contribution in [0.2, 0.25) is 0 Å². The predicted molar refractivity (Wildman–Crippen MR) is 88.9 cm³/mol. The van der Waals surface area contributed by atoms with Crippen LogP contribution in [0.15, 0.2) is 53.6 Å². The van der Waals surface area contributed by atoms with Crippen molar-refractivity contribution >= 4 is 10.9 Å². The maximum atomic E-state index is 13.0. The van der Waals surface area contributed by atoms with E-state index in [0.717, 1.165) is 24.0 Å². The van der Waals surface area contributed by atoms with Crippen molar-refractivity contribution in [2.24, 2.45) is 0 Å². The van der Waals surface area contributed by atoms with Gasteiger partial charge in [-0.15, -0.1) is 0 Å². The van der Waals surface area contributed by atoms with Gasteiger partial charge in [0.25, 0.3) is 5.56 Å². The zero-order valence-electron chi connectivity index (χ0n) is 12.7. The Morgan fingerprint density at radius 1 is 1.00 bits per heavy atom. The second-order valence-electron chi connectivity index (χ2n) is 6.13. The molecule has 3 aromatic rings. The smallest absolute Gasteiger partial charge is 0.261 e. The average Bonchev–Trinajstić information content (AvgIpc) is 3.10. The Bertz CT molecular complexity index is 909. The maximum Gasteiger partial charge on any atom is 0.261 e. The molecule has 0 aliphatic heterocycles. The van der Waals surface area contributed by atoms with Crippen molar-refractivity contribution in [2.45, 2.75) is 31.7 Å². The summed E-state index contributed by atoms with van der Waals surface area (Å²) in [6, 6.07) is 12.2. The van der Waals surface area contributed by atoms with E-state index in [-0.39, 0.29) is 17.4 Å². The predicted octanol–water partition coefficient (Wildman–Crippen LogP) is 4.32. The Kier molecular flexibility index (Phi) is 3.45. The Morgan fingerprint density at radius 2 is 1.70 bits per heavy atom. The van der Waals surface area contributed by atoms with Crippen LogP contribution >= 0.6 is 0 Å². The van der Waals surface area contributed by atoms with Crippen molar-refractivity contribution in [3.8, 4) is 11.1 Å². The summed E-state index contributed by atoms with van der Waals surface area (Å²) in [5.74, 6) is -0.257. The van der Waals surface area contributed by atoms with Gasteiger partial charge in [-0.25, -0.2) is 9.37 Å². The van der Waals surface area contributed by atoms with Crippen LogP contribution in [0, 0.1) is 5.82 Å². The van der Waals surface area contributed by atoms with Gasteiger partial charge < -0.3 is 0 Å². The Morgan fingerprint density at radius 3 is 2.43 bits per heavy atom. The van der Waals surface area contributed by atoms with Gasteiger partial charge in [0.05, 0.1) is 17.2 Å². The highest BCUT2D eigenvalue weighted by atomic mass is 19.1. The zero-order valence-corrected chi connectivity index (χ0v) is 12.7. The lowest BCUT2D eigenvalue weighted by atomic mass is 10.0. The summed E-state index contributed by atoms with van der Waals surface area (Å²) >= 11 is 0. The van der Waals surface area contributed by atoms with Crippen LogP contribution in [0.5, 0.6) is 0 Å². The van der Waals surface area contributed by atoms with Gasteiger partial charge >= 0.3 is 0 Å². The van der Waals surface area contributed by atoms with Gasteiger partial charge in [0.15, 0.2) is 0 Å². The van der Waals surface area contributed by atoms with Gasteiger partial charge in [-0.1, -0.05) is 31.0 Å². The SMILES string of the molecule is O=c1c2ccc(-c3ccc(F)cc3)cc2ncn1C1CCCC1. The molecule has 1 saturated carbocycles. The third-order valence-corrected chi connectivity index (χ3v) is 4.68. The summed E-state index contributed by atoms with van der Waals surface area (Å²) < 4.78 is 14.8. The summed E-state index contributed by atoms with van der Waals surface area (Å²) in [5.41, 5.74) is 2.57. The maximum absolute atomic E-state index is 13.0. The van der Waals surface area contributed by atoms with Gasteiger partial charge in [-0.2, -0.15) is 0 Å². The van der Waals surface area contributed by atoms with E-state index in [0.29, 0.717) is 10.9 Å². The monoisotopic (exact) mass is 308 g/mol. The molecule has 0 saturated heterocycles. The Balaban J connectivity index is 1.79. The van der Waals surface area contributed by atoms with Crippen molar-refractivity contribution in [1.29, 1.82) is 0 Å². The third kappa shape index (κ3) is 2.54. The van der Waals surface area contributed by atoms with Gasteiger partial charge in [-0.05, 0) is 48.2 Å². The number of benzene rings is 2. The number of nitrogens with zero attached hydrogens (tertiary/aromatic N) is 2. The quantitative estimate of drug-likeness (QED) is 0.707. The highest BCUT2D eigenvalue weighted by Crippen LogP contribution is 2.28. The first-order chi connectivity index (χ1) is 11.2. The van der Waals surface area contributed by atoms with Crippen molar-refractivity contribution < 1.29 is 4.39 Å².